The lowest BCUT2D eigenvalue weighted by Crippen LogP contribution is -1.93. The van der Waals surface area contributed by atoms with Crippen LogP contribution in [-0.4, -0.2) is 11.1 Å². The lowest BCUT2D eigenvalue weighted by molar-refractivity contribution is -0.137. The van der Waals surface area contributed by atoms with Gasteiger partial charge in [0, 0.05) is 6.42 Å². The highest BCUT2D eigenvalue weighted by Gasteiger charge is 1.97. The molecule has 2 aromatic carbocycles. The van der Waals surface area contributed by atoms with E-state index in [1.54, 1.807) is 0 Å². The zero-order valence-corrected chi connectivity index (χ0v) is 21.6. The van der Waals surface area contributed by atoms with E-state index in [0.717, 1.165) is 12.8 Å². The summed E-state index contributed by atoms with van der Waals surface area (Å²) in [6.07, 6.45) is 24.4. The van der Waals surface area contributed by atoms with Crippen molar-refractivity contribution >= 4 is 18.1 Å². The van der Waals surface area contributed by atoms with Crippen LogP contribution in [0.25, 0.3) is 12.2 Å². The topological polar surface area (TPSA) is 37.3 Å². The van der Waals surface area contributed by atoms with Gasteiger partial charge in [-0.15, -0.1) is 0 Å². The molecule has 0 aliphatic carbocycles. The van der Waals surface area contributed by atoms with Crippen molar-refractivity contribution in [1.29, 1.82) is 0 Å². The first-order valence-electron chi connectivity index (χ1n) is 13.7. The maximum absolute atomic E-state index is 10.3. The van der Waals surface area contributed by atoms with E-state index in [1.165, 1.54) is 94.6 Å². The zero-order valence-electron chi connectivity index (χ0n) is 21.6. The lowest BCUT2D eigenvalue weighted by atomic mass is 10.0. The number of carbonyl (C=O) groups is 1. The fraction of sp³-hybridized carbons (Fsp3) is 0.531. The molecule has 2 aromatic rings. The molecule has 0 amide bonds. The number of carboxylic acid groups (broad SMARTS) is 1. The van der Waals surface area contributed by atoms with Gasteiger partial charge in [0.15, 0.2) is 0 Å². The molecule has 0 radical (unpaired) electrons. The van der Waals surface area contributed by atoms with Crippen molar-refractivity contribution in [3.05, 3.63) is 71.8 Å². The standard InChI is InChI=1S/C18H36O2.C14H12/c1-2-3-4-5-6-7-8-9-10-11-12-13-14-15-16-17-18(19)20;1-3-7-13(8-4-1)11-12-14-9-5-2-6-10-14/h2-17H2,1H3,(H,19,20);1-12H. The molecule has 2 heteroatoms. The molecule has 0 unspecified atom stereocenters. The fourth-order valence-electron chi connectivity index (χ4n) is 3.97. The lowest BCUT2D eigenvalue weighted by Gasteiger charge is -2.03. The number of hydrogen-bond donors (Lipinski definition) is 1. The minimum Gasteiger partial charge on any atom is -0.481 e. The maximum Gasteiger partial charge on any atom is 0.303 e. The average Bonchev–Trinajstić information content (AvgIpc) is 2.86. The Morgan fingerprint density at radius 1 is 0.559 bits per heavy atom. The van der Waals surface area contributed by atoms with E-state index in [4.69, 9.17) is 5.11 Å². The summed E-state index contributed by atoms with van der Waals surface area (Å²) in [6.45, 7) is 2.27. The predicted molar refractivity (Wildman–Crippen MR) is 149 cm³/mol. The summed E-state index contributed by atoms with van der Waals surface area (Å²) in [5.74, 6) is -0.653. The number of benzene rings is 2. The monoisotopic (exact) mass is 464 g/mol. The number of hydrogen-bond acceptors (Lipinski definition) is 1. The summed E-state index contributed by atoms with van der Waals surface area (Å²) in [6, 6.07) is 20.6. The van der Waals surface area contributed by atoms with Gasteiger partial charge in [-0.2, -0.15) is 0 Å². The molecule has 2 nitrogen and oxygen atoms in total. The first-order valence-corrected chi connectivity index (χ1v) is 13.7. The van der Waals surface area contributed by atoms with Gasteiger partial charge in [0.25, 0.3) is 0 Å². The summed E-state index contributed by atoms with van der Waals surface area (Å²) < 4.78 is 0. The smallest absolute Gasteiger partial charge is 0.303 e. The SMILES string of the molecule is C(=Cc1ccccc1)c1ccccc1.CCCCCCCCCCCCCCCCCC(=O)O. The summed E-state index contributed by atoms with van der Waals surface area (Å²) in [5, 5.41) is 8.52. The van der Waals surface area contributed by atoms with Crippen molar-refractivity contribution in [2.45, 2.75) is 110 Å². The van der Waals surface area contributed by atoms with Crippen LogP contribution in [0.3, 0.4) is 0 Å². The third-order valence-corrected chi connectivity index (χ3v) is 6.06. The molecule has 0 saturated carbocycles. The molecule has 188 valence electrons. The second-order valence-corrected chi connectivity index (χ2v) is 9.25. The highest BCUT2D eigenvalue weighted by Crippen LogP contribution is 2.13. The minimum absolute atomic E-state index is 0.345. The quantitative estimate of drug-likeness (QED) is 0.176. The van der Waals surface area contributed by atoms with Crippen molar-refractivity contribution in [3.8, 4) is 0 Å². The van der Waals surface area contributed by atoms with E-state index in [9.17, 15) is 4.79 Å². The normalized spacial score (nSPS) is 10.7. The van der Waals surface area contributed by atoms with Crippen LogP contribution < -0.4 is 0 Å². The molecule has 0 saturated heterocycles. The Bertz CT molecular complexity index is 680. The van der Waals surface area contributed by atoms with Crippen molar-refractivity contribution in [1.82, 2.24) is 0 Å². The van der Waals surface area contributed by atoms with Crippen LogP contribution in [0.4, 0.5) is 0 Å². The van der Waals surface area contributed by atoms with Crippen LogP contribution in [0.15, 0.2) is 60.7 Å². The summed E-state index contributed by atoms with van der Waals surface area (Å²) >= 11 is 0. The van der Waals surface area contributed by atoms with Crippen LogP contribution in [0.5, 0.6) is 0 Å². The Labute approximate surface area is 209 Å². The van der Waals surface area contributed by atoms with E-state index in [2.05, 4.69) is 43.3 Å². The molecule has 0 fully saturated rings. The highest BCUT2D eigenvalue weighted by atomic mass is 16.4. The molecule has 0 atom stereocenters. The fourth-order valence-corrected chi connectivity index (χ4v) is 3.97. The molecule has 0 aliphatic rings. The summed E-state index contributed by atoms with van der Waals surface area (Å²) in [5.41, 5.74) is 2.47. The minimum atomic E-state index is -0.653. The summed E-state index contributed by atoms with van der Waals surface area (Å²) in [7, 11) is 0. The van der Waals surface area contributed by atoms with Gasteiger partial charge in [-0.3, -0.25) is 4.79 Å². The Kier molecular flexibility index (Phi) is 19.6. The molecule has 2 rings (SSSR count). The van der Waals surface area contributed by atoms with Crippen LogP contribution in [-0.2, 0) is 4.79 Å². The Balaban J connectivity index is 0.000000358. The van der Waals surface area contributed by atoms with E-state index in [1.807, 2.05) is 36.4 Å². The molecule has 1 N–H and O–H groups in total. The molecule has 0 aromatic heterocycles. The molecular weight excluding hydrogens is 416 g/mol. The molecule has 0 aliphatic heterocycles. The van der Waals surface area contributed by atoms with E-state index in [-0.39, 0.29) is 0 Å². The van der Waals surface area contributed by atoms with Gasteiger partial charge in [0.1, 0.15) is 0 Å². The van der Waals surface area contributed by atoms with Gasteiger partial charge in [-0.1, -0.05) is 170 Å². The average molecular weight is 465 g/mol. The first-order chi connectivity index (χ1) is 16.7. The Morgan fingerprint density at radius 2 is 0.882 bits per heavy atom. The largest absolute Gasteiger partial charge is 0.481 e. The molecule has 34 heavy (non-hydrogen) atoms. The van der Waals surface area contributed by atoms with Crippen molar-refractivity contribution in [3.63, 3.8) is 0 Å². The van der Waals surface area contributed by atoms with Crippen LogP contribution in [0.2, 0.25) is 0 Å². The number of rotatable bonds is 18. The number of unbranched alkanes of at least 4 members (excludes halogenated alkanes) is 14. The van der Waals surface area contributed by atoms with Gasteiger partial charge in [-0.25, -0.2) is 0 Å². The Hall–Kier alpha value is -2.35. The maximum atomic E-state index is 10.3. The molecular formula is C32H48O2. The second kappa shape index (κ2) is 22.4. The molecule has 0 bridgehead atoms. The predicted octanol–water partition coefficient (Wildman–Crippen LogP) is 10.2. The van der Waals surface area contributed by atoms with Crippen molar-refractivity contribution < 1.29 is 9.90 Å². The van der Waals surface area contributed by atoms with Gasteiger partial charge < -0.3 is 5.11 Å². The van der Waals surface area contributed by atoms with Gasteiger partial charge >= 0.3 is 5.97 Å². The molecule has 0 heterocycles. The van der Waals surface area contributed by atoms with Crippen LogP contribution >= 0.6 is 0 Å². The van der Waals surface area contributed by atoms with Gasteiger partial charge in [0.05, 0.1) is 0 Å². The second-order valence-electron chi connectivity index (χ2n) is 9.25. The van der Waals surface area contributed by atoms with Crippen LogP contribution in [0.1, 0.15) is 121 Å². The highest BCUT2D eigenvalue weighted by molar-refractivity contribution is 5.69. The number of aliphatic carboxylic acids is 1. The van der Waals surface area contributed by atoms with E-state index >= 15 is 0 Å². The third-order valence-electron chi connectivity index (χ3n) is 6.06. The van der Waals surface area contributed by atoms with Crippen molar-refractivity contribution in [2.24, 2.45) is 0 Å². The zero-order chi connectivity index (χ0) is 24.5. The van der Waals surface area contributed by atoms with E-state index < -0.39 is 5.97 Å². The van der Waals surface area contributed by atoms with Crippen LogP contribution in [0, 0.1) is 0 Å². The van der Waals surface area contributed by atoms with E-state index in [0.29, 0.717) is 6.42 Å². The Morgan fingerprint density at radius 3 is 1.21 bits per heavy atom. The van der Waals surface area contributed by atoms with Gasteiger partial charge in [0.2, 0.25) is 0 Å². The first kappa shape index (κ1) is 29.7. The summed E-state index contributed by atoms with van der Waals surface area (Å²) in [4.78, 5) is 10.3. The molecule has 0 spiro atoms. The third kappa shape index (κ3) is 19.1. The van der Waals surface area contributed by atoms with Crippen molar-refractivity contribution in [2.75, 3.05) is 0 Å². The van der Waals surface area contributed by atoms with Gasteiger partial charge in [-0.05, 0) is 17.5 Å². The number of carboxylic acids is 1.